The van der Waals surface area contributed by atoms with Crippen molar-refractivity contribution in [2.75, 3.05) is 5.43 Å². The van der Waals surface area contributed by atoms with Crippen molar-refractivity contribution in [1.29, 1.82) is 0 Å². The Balaban J connectivity index is 2.13. The summed E-state index contributed by atoms with van der Waals surface area (Å²) < 4.78 is 0.695. The molecule has 0 saturated heterocycles. The molecule has 1 heterocycles. The number of carbonyl (C=O) groups excluding carboxylic acids is 1. The molecule has 0 aromatic carbocycles. The second kappa shape index (κ2) is 6.31. The SMILES string of the molecule is NNc1ncc(Br)cc1C(=O)NC1CCCCC1O. The van der Waals surface area contributed by atoms with Crippen LogP contribution in [-0.2, 0) is 0 Å². The topological polar surface area (TPSA) is 100 Å². The molecule has 1 saturated carbocycles. The molecule has 2 unspecified atom stereocenters. The van der Waals surface area contributed by atoms with E-state index in [2.05, 4.69) is 31.7 Å². The van der Waals surface area contributed by atoms with Crippen LogP contribution in [-0.4, -0.2) is 28.1 Å². The highest BCUT2D eigenvalue weighted by Gasteiger charge is 2.25. The number of nitrogens with one attached hydrogen (secondary N) is 2. The van der Waals surface area contributed by atoms with E-state index in [9.17, 15) is 9.90 Å². The quantitative estimate of drug-likeness (QED) is 0.493. The zero-order valence-corrected chi connectivity index (χ0v) is 12.0. The van der Waals surface area contributed by atoms with Gasteiger partial charge in [-0.2, -0.15) is 0 Å². The Hall–Kier alpha value is -1.18. The lowest BCUT2D eigenvalue weighted by molar-refractivity contribution is 0.0717. The predicted molar refractivity (Wildman–Crippen MR) is 75.5 cm³/mol. The minimum Gasteiger partial charge on any atom is -0.391 e. The molecule has 0 spiro atoms. The Labute approximate surface area is 119 Å². The second-order valence-corrected chi connectivity index (χ2v) is 5.54. The highest BCUT2D eigenvalue weighted by atomic mass is 79.9. The van der Waals surface area contributed by atoms with Crippen LogP contribution in [0.25, 0.3) is 0 Å². The summed E-state index contributed by atoms with van der Waals surface area (Å²) in [6.07, 6.45) is 4.61. The van der Waals surface area contributed by atoms with Crippen LogP contribution >= 0.6 is 15.9 Å². The number of amides is 1. The first-order valence-electron chi connectivity index (χ1n) is 6.23. The summed E-state index contributed by atoms with van der Waals surface area (Å²) in [7, 11) is 0. The average Bonchev–Trinajstić information content (AvgIpc) is 2.41. The van der Waals surface area contributed by atoms with Crippen molar-refractivity contribution >= 4 is 27.7 Å². The molecule has 0 aliphatic heterocycles. The maximum atomic E-state index is 12.2. The van der Waals surface area contributed by atoms with Crippen LogP contribution in [0, 0.1) is 0 Å². The number of hydrogen-bond donors (Lipinski definition) is 4. The molecule has 1 amide bonds. The molecular formula is C12H17BrN4O2. The first kappa shape index (κ1) is 14.2. The van der Waals surface area contributed by atoms with Crippen molar-refractivity contribution in [3.05, 3.63) is 22.3 Å². The van der Waals surface area contributed by atoms with Crippen molar-refractivity contribution in [2.24, 2.45) is 5.84 Å². The predicted octanol–water partition coefficient (Wildman–Crippen LogP) is 1.16. The molecule has 19 heavy (non-hydrogen) atoms. The van der Waals surface area contributed by atoms with E-state index in [4.69, 9.17) is 5.84 Å². The van der Waals surface area contributed by atoms with Crippen molar-refractivity contribution in [1.82, 2.24) is 10.3 Å². The van der Waals surface area contributed by atoms with E-state index in [0.29, 0.717) is 15.9 Å². The smallest absolute Gasteiger partial charge is 0.255 e. The third kappa shape index (κ3) is 3.43. The molecule has 104 valence electrons. The van der Waals surface area contributed by atoms with Gasteiger partial charge >= 0.3 is 0 Å². The second-order valence-electron chi connectivity index (χ2n) is 4.63. The first-order valence-corrected chi connectivity index (χ1v) is 7.02. The Morgan fingerprint density at radius 3 is 2.89 bits per heavy atom. The van der Waals surface area contributed by atoms with Crippen molar-refractivity contribution < 1.29 is 9.90 Å². The van der Waals surface area contributed by atoms with Gasteiger partial charge in [-0.15, -0.1) is 0 Å². The molecule has 1 aromatic rings. The molecule has 5 N–H and O–H groups in total. The Kier molecular flexibility index (Phi) is 4.73. The van der Waals surface area contributed by atoms with Gasteiger partial charge in [0.05, 0.1) is 17.7 Å². The summed E-state index contributed by atoms with van der Waals surface area (Å²) >= 11 is 3.27. The van der Waals surface area contributed by atoms with E-state index < -0.39 is 6.10 Å². The lowest BCUT2D eigenvalue weighted by Crippen LogP contribution is -2.45. The van der Waals surface area contributed by atoms with Crippen LogP contribution < -0.4 is 16.6 Å². The highest BCUT2D eigenvalue weighted by Crippen LogP contribution is 2.21. The van der Waals surface area contributed by atoms with Gasteiger partial charge in [-0.1, -0.05) is 12.8 Å². The molecular weight excluding hydrogens is 312 g/mol. The number of hydrazine groups is 1. The number of aliphatic hydroxyl groups excluding tert-OH is 1. The van der Waals surface area contributed by atoms with Crippen LogP contribution in [0.15, 0.2) is 16.7 Å². The van der Waals surface area contributed by atoms with E-state index in [1.165, 1.54) is 0 Å². The van der Waals surface area contributed by atoms with E-state index in [0.717, 1.165) is 25.7 Å². The lowest BCUT2D eigenvalue weighted by Gasteiger charge is -2.28. The first-order chi connectivity index (χ1) is 9.11. The van der Waals surface area contributed by atoms with Crippen LogP contribution in [0.3, 0.4) is 0 Å². The van der Waals surface area contributed by atoms with Gasteiger partial charge in [-0.25, -0.2) is 10.8 Å². The monoisotopic (exact) mass is 328 g/mol. The summed E-state index contributed by atoms with van der Waals surface area (Å²) in [4.78, 5) is 16.2. The molecule has 1 aliphatic carbocycles. The third-order valence-electron chi connectivity index (χ3n) is 3.28. The Morgan fingerprint density at radius 1 is 1.47 bits per heavy atom. The maximum absolute atomic E-state index is 12.2. The summed E-state index contributed by atoms with van der Waals surface area (Å²) in [5.74, 6) is 5.37. The van der Waals surface area contributed by atoms with Crippen molar-refractivity contribution in [3.63, 3.8) is 0 Å². The van der Waals surface area contributed by atoms with E-state index >= 15 is 0 Å². The molecule has 0 radical (unpaired) electrons. The number of hydrogen-bond acceptors (Lipinski definition) is 5. The lowest BCUT2D eigenvalue weighted by atomic mass is 9.92. The van der Waals surface area contributed by atoms with Gasteiger partial charge in [-0.05, 0) is 34.8 Å². The van der Waals surface area contributed by atoms with E-state index in [1.54, 1.807) is 12.3 Å². The standard InChI is InChI=1S/C12H17BrN4O2/c13-7-5-8(11(17-14)15-6-7)12(19)16-9-3-1-2-4-10(9)18/h5-6,9-10,18H,1-4,14H2,(H,15,17)(H,16,19). The fourth-order valence-electron chi connectivity index (χ4n) is 2.25. The minimum absolute atomic E-state index is 0.203. The van der Waals surface area contributed by atoms with Gasteiger partial charge in [-0.3, -0.25) is 4.79 Å². The van der Waals surface area contributed by atoms with Gasteiger partial charge in [0.1, 0.15) is 0 Å². The van der Waals surface area contributed by atoms with Crippen LogP contribution in [0.1, 0.15) is 36.0 Å². The number of nitrogens with zero attached hydrogens (tertiary/aromatic N) is 1. The molecule has 2 atom stereocenters. The normalized spacial score (nSPS) is 22.9. The number of aliphatic hydroxyl groups is 1. The molecule has 1 aromatic heterocycles. The largest absolute Gasteiger partial charge is 0.391 e. The number of aromatic nitrogens is 1. The van der Waals surface area contributed by atoms with Gasteiger partial charge in [0.2, 0.25) is 0 Å². The van der Waals surface area contributed by atoms with E-state index in [-0.39, 0.29) is 11.9 Å². The summed E-state index contributed by atoms with van der Waals surface area (Å²) in [6, 6.07) is 1.44. The minimum atomic E-state index is -0.480. The van der Waals surface area contributed by atoms with Crippen LogP contribution in [0.4, 0.5) is 5.82 Å². The number of halogens is 1. The fourth-order valence-corrected chi connectivity index (χ4v) is 2.58. The van der Waals surface area contributed by atoms with Gasteiger partial charge in [0.15, 0.2) is 5.82 Å². The van der Waals surface area contributed by atoms with Crippen molar-refractivity contribution in [3.8, 4) is 0 Å². The molecule has 7 heteroatoms. The number of nitrogen functional groups attached to an aromatic ring is 1. The van der Waals surface area contributed by atoms with Gasteiger partial charge < -0.3 is 15.8 Å². The number of pyridine rings is 1. The molecule has 1 fully saturated rings. The zero-order valence-electron chi connectivity index (χ0n) is 10.4. The Bertz CT molecular complexity index is 469. The molecule has 6 nitrogen and oxygen atoms in total. The summed E-state index contributed by atoms with van der Waals surface area (Å²) in [6.45, 7) is 0. The number of carbonyl (C=O) groups is 1. The Morgan fingerprint density at radius 2 is 2.21 bits per heavy atom. The van der Waals surface area contributed by atoms with Crippen molar-refractivity contribution in [2.45, 2.75) is 37.8 Å². The van der Waals surface area contributed by atoms with Gasteiger partial charge in [0.25, 0.3) is 5.91 Å². The third-order valence-corrected chi connectivity index (χ3v) is 3.72. The molecule has 1 aliphatic rings. The van der Waals surface area contributed by atoms with E-state index in [1.807, 2.05) is 0 Å². The fraction of sp³-hybridized carbons (Fsp3) is 0.500. The van der Waals surface area contributed by atoms with Crippen LogP contribution in [0.2, 0.25) is 0 Å². The highest BCUT2D eigenvalue weighted by molar-refractivity contribution is 9.10. The average molecular weight is 329 g/mol. The summed E-state index contributed by atoms with van der Waals surface area (Å²) in [5.41, 5.74) is 2.75. The number of rotatable bonds is 3. The number of anilines is 1. The van der Waals surface area contributed by atoms with Crippen LogP contribution in [0.5, 0.6) is 0 Å². The molecule has 0 bridgehead atoms. The molecule has 2 rings (SSSR count). The summed E-state index contributed by atoms with van der Waals surface area (Å²) in [5, 5.41) is 12.7. The van der Waals surface area contributed by atoms with Gasteiger partial charge in [0, 0.05) is 10.7 Å². The maximum Gasteiger partial charge on any atom is 0.255 e. The zero-order chi connectivity index (χ0) is 13.8. The number of nitrogens with two attached hydrogens (primary N) is 1.